The van der Waals surface area contributed by atoms with Crippen LogP contribution in [-0.2, 0) is 4.79 Å². The Morgan fingerprint density at radius 1 is 1.38 bits per heavy atom. The van der Waals surface area contributed by atoms with Crippen LogP contribution in [0.2, 0.25) is 0 Å². The molecule has 3 N–H and O–H groups in total. The lowest BCUT2D eigenvalue weighted by Gasteiger charge is -2.09. The second-order valence-corrected chi connectivity index (χ2v) is 4.98. The average Bonchev–Trinajstić information content (AvgIpc) is 2.44. The standard InChI is InChI=1S/C13H21N5O3/c1-9(2)8-16-13(19)4-5-15-12-7-10(18(20)21)6-11(14-3)17-12/h6-7,9H,4-5,8H2,1-3H3,(H,16,19)(H2,14,15,17). The van der Waals surface area contributed by atoms with E-state index in [0.717, 1.165) is 0 Å². The first-order valence-electron chi connectivity index (χ1n) is 6.77. The fraction of sp³-hybridized carbons (Fsp3) is 0.538. The van der Waals surface area contributed by atoms with Crippen LogP contribution in [0.3, 0.4) is 0 Å². The van der Waals surface area contributed by atoms with Gasteiger partial charge in [-0.2, -0.15) is 0 Å². The summed E-state index contributed by atoms with van der Waals surface area (Å²) >= 11 is 0. The minimum atomic E-state index is -0.483. The predicted molar refractivity (Wildman–Crippen MR) is 81.4 cm³/mol. The van der Waals surface area contributed by atoms with Gasteiger partial charge in [-0.15, -0.1) is 0 Å². The number of anilines is 2. The average molecular weight is 295 g/mol. The van der Waals surface area contributed by atoms with Gasteiger partial charge in [-0.3, -0.25) is 14.9 Å². The lowest BCUT2D eigenvalue weighted by molar-refractivity contribution is -0.384. The van der Waals surface area contributed by atoms with E-state index in [0.29, 0.717) is 30.6 Å². The highest BCUT2D eigenvalue weighted by molar-refractivity contribution is 5.76. The molecular formula is C13H21N5O3. The van der Waals surface area contributed by atoms with Gasteiger partial charge in [0.15, 0.2) is 0 Å². The molecular weight excluding hydrogens is 274 g/mol. The summed E-state index contributed by atoms with van der Waals surface area (Å²) in [5.74, 6) is 1.11. The number of hydrogen-bond acceptors (Lipinski definition) is 6. The zero-order valence-corrected chi connectivity index (χ0v) is 12.5. The van der Waals surface area contributed by atoms with E-state index in [-0.39, 0.29) is 18.0 Å². The number of hydrogen-bond donors (Lipinski definition) is 3. The van der Waals surface area contributed by atoms with E-state index < -0.39 is 4.92 Å². The molecule has 0 saturated heterocycles. The van der Waals surface area contributed by atoms with Crippen molar-refractivity contribution in [3.8, 4) is 0 Å². The molecule has 0 unspecified atom stereocenters. The van der Waals surface area contributed by atoms with Crippen LogP contribution >= 0.6 is 0 Å². The SMILES string of the molecule is CNc1cc([N+](=O)[O-])cc(NCCC(=O)NCC(C)C)n1. The van der Waals surface area contributed by atoms with Gasteiger partial charge in [0.05, 0.1) is 17.1 Å². The Labute approximate surface area is 123 Å². The van der Waals surface area contributed by atoms with Crippen LogP contribution in [0.25, 0.3) is 0 Å². The van der Waals surface area contributed by atoms with Crippen molar-refractivity contribution in [1.29, 1.82) is 0 Å². The van der Waals surface area contributed by atoms with Crippen LogP contribution in [0.4, 0.5) is 17.3 Å². The molecule has 0 atom stereocenters. The van der Waals surface area contributed by atoms with Gasteiger partial charge in [-0.25, -0.2) is 4.98 Å². The number of aromatic nitrogens is 1. The summed E-state index contributed by atoms with van der Waals surface area (Å²) < 4.78 is 0. The van der Waals surface area contributed by atoms with Gasteiger partial charge in [0.2, 0.25) is 5.91 Å². The third kappa shape index (κ3) is 6.07. The highest BCUT2D eigenvalue weighted by Gasteiger charge is 2.10. The number of nitrogens with one attached hydrogen (secondary N) is 3. The van der Waals surface area contributed by atoms with Crippen LogP contribution in [0, 0.1) is 16.0 Å². The predicted octanol–water partition coefficient (Wildman–Crippen LogP) is 1.61. The van der Waals surface area contributed by atoms with E-state index >= 15 is 0 Å². The highest BCUT2D eigenvalue weighted by Crippen LogP contribution is 2.20. The second-order valence-electron chi connectivity index (χ2n) is 4.98. The molecule has 8 heteroatoms. The van der Waals surface area contributed by atoms with E-state index in [1.165, 1.54) is 12.1 Å². The van der Waals surface area contributed by atoms with Gasteiger partial charge >= 0.3 is 0 Å². The number of rotatable bonds is 8. The van der Waals surface area contributed by atoms with Crippen LogP contribution in [0.1, 0.15) is 20.3 Å². The topological polar surface area (TPSA) is 109 Å². The quantitative estimate of drug-likeness (QED) is 0.496. The number of amides is 1. The van der Waals surface area contributed by atoms with Crippen molar-refractivity contribution < 1.29 is 9.72 Å². The van der Waals surface area contributed by atoms with Gasteiger partial charge in [0.25, 0.3) is 5.69 Å². The minimum Gasteiger partial charge on any atom is -0.373 e. The number of pyridine rings is 1. The molecule has 0 saturated carbocycles. The van der Waals surface area contributed by atoms with Crippen molar-refractivity contribution in [3.05, 3.63) is 22.2 Å². The van der Waals surface area contributed by atoms with E-state index in [1.807, 2.05) is 13.8 Å². The van der Waals surface area contributed by atoms with E-state index in [2.05, 4.69) is 20.9 Å². The van der Waals surface area contributed by atoms with E-state index in [9.17, 15) is 14.9 Å². The van der Waals surface area contributed by atoms with Gasteiger partial charge in [0, 0.05) is 26.6 Å². The maximum absolute atomic E-state index is 11.5. The van der Waals surface area contributed by atoms with Crippen molar-refractivity contribution in [3.63, 3.8) is 0 Å². The first kappa shape index (κ1) is 16.7. The fourth-order valence-corrected chi connectivity index (χ4v) is 1.55. The molecule has 1 aromatic heterocycles. The molecule has 1 rings (SSSR count). The van der Waals surface area contributed by atoms with Crippen molar-refractivity contribution in [2.45, 2.75) is 20.3 Å². The zero-order chi connectivity index (χ0) is 15.8. The number of carbonyl (C=O) groups excluding carboxylic acids is 1. The van der Waals surface area contributed by atoms with Crippen molar-refractivity contribution in [1.82, 2.24) is 10.3 Å². The fourth-order valence-electron chi connectivity index (χ4n) is 1.55. The number of nitro groups is 1. The Balaban J connectivity index is 2.53. The molecule has 0 aliphatic heterocycles. The Kier molecular flexibility index (Phi) is 6.38. The molecule has 0 aliphatic carbocycles. The molecule has 0 aromatic carbocycles. The summed E-state index contributed by atoms with van der Waals surface area (Å²) in [6.45, 7) is 5.04. The smallest absolute Gasteiger partial charge is 0.276 e. The van der Waals surface area contributed by atoms with Gasteiger partial charge in [-0.05, 0) is 5.92 Å². The molecule has 0 bridgehead atoms. The first-order chi connectivity index (χ1) is 9.92. The van der Waals surface area contributed by atoms with Crippen LogP contribution in [0.15, 0.2) is 12.1 Å². The molecule has 1 heterocycles. The lowest BCUT2D eigenvalue weighted by atomic mass is 10.2. The van der Waals surface area contributed by atoms with Gasteiger partial charge in [-0.1, -0.05) is 13.8 Å². The maximum Gasteiger partial charge on any atom is 0.276 e. The summed E-state index contributed by atoms with van der Waals surface area (Å²) in [4.78, 5) is 26.0. The zero-order valence-electron chi connectivity index (χ0n) is 12.5. The normalized spacial score (nSPS) is 10.3. The molecule has 1 aromatic rings. The second kappa shape index (κ2) is 8.03. The molecule has 8 nitrogen and oxygen atoms in total. The molecule has 21 heavy (non-hydrogen) atoms. The highest BCUT2D eigenvalue weighted by atomic mass is 16.6. The van der Waals surface area contributed by atoms with Gasteiger partial charge in [0.1, 0.15) is 11.6 Å². The summed E-state index contributed by atoms with van der Waals surface area (Å²) in [5, 5.41) is 19.3. The molecule has 0 spiro atoms. The lowest BCUT2D eigenvalue weighted by Crippen LogP contribution is -2.28. The maximum atomic E-state index is 11.5. The van der Waals surface area contributed by atoms with E-state index in [1.54, 1.807) is 7.05 Å². The summed E-state index contributed by atoms with van der Waals surface area (Å²) in [6, 6.07) is 2.69. The monoisotopic (exact) mass is 295 g/mol. The Hall–Kier alpha value is -2.38. The van der Waals surface area contributed by atoms with Crippen molar-refractivity contribution >= 4 is 23.2 Å². The van der Waals surface area contributed by atoms with E-state index in [4.69, 9.17) is 0 Å². The summed E-state index contributed by atoms with van der Waals surface area (Å²) in [7, 11) is 1.63. The largest absolute Gasteiger partial charge is 0.373 e. The van der Waals surface area contributed by atoms with Crippen LogP contribution < -0.4 is 16.0 Å². The summed E-state index contributed by atoms with van der Waals surface area (Å²) in [6.07, 6.45) is 0.284. The number of nitrogens with zero attached hydrogens (tertiary/aromatic N) is 2. The van der Waals surface area contributed by atoms with Crippen molar-refractivity contribution in [2.24, 2.45) is 5.92 Å². The molecule has 0 fully saturated rings. The third-order valence-corrected chi connectivity index (χ3v) is 2.64. The molecule has 116 valence electrons. The Bertz CT molecular complexity index is 505. The molecule has 0 radical (unpaired) electrons. The molecule has 1 amide bonds. The van der Waals surface area contributed by atoms with Crippen molar-refractivity contribution in [2.75, 3.05) is 30.8 Å². The van der Waals surface area contributed by atoms with Crippen LogP contribution in [-0.4, -0.2) is 36.0 Å². The third-order valence-electron chi connectivity index (χ3n) is 2.64. The first-order valence-corrected chi connectivity index (χ1v) is 6.77. The number of carbonyl (C=O) groups is 1. The minimum absolute atomic E-state index is 0.0545. The summed E-state index contributed by atoms with van der Waals surface area (Å²) in [5.41, 5.74) is -0.0545. The Morgan fingerprint density at radius 2 is 2.05 bits per heavy atom. The van der Waals surface area contributed by atoms with Crippen LogP contribution in [0.5, 0.6) is 0 Å². The molecule has 0 aliphatic rings. The Morgan fingerprint density at radius 3 is 2.62 bits per heavy atom. The van der Waals surface area contributed by atoms with Gasteiger partial charge < -0.3 is 16.0 Å².